The van der Waals surface area contributed by atoms with E-state index in [1.54, 1.807) is 43.3 Å². The van der Waals surface area contributed by atoms with Crippen LogP contribution >= 0.6 is 0 Å². The first-order chi connectivity index (χ1) is 24.1. The van der Waals surface area contributed by atoms with Crippen LogP contribution in [-0.2, 0) is 25.7 Å². The second kappa shape index (κ2) is 17.8. The van der Waals surface area contributed by atoms with Crippen LogP contribution in [0.15, 0.2) is 47.1 Å². The summed E-state index contributed by atoms with van der Waals surface area (Å²) in [5.74, 6) is -2.51. The van der Waals surface area contributed by atoms with Crippen LogP contribution in [-0.4, -0.2) is 67.8 Å². The van der Waals surface area contributed by atoms with Gasteiger partial charge in [0.2, 0.25) is 17.6 Å². The molecular formula is C37H44N2O11. The average molecular weight is 693 g/mol. The third-order valence-electron chi connectivity index (χ3n) is 8.36. The SMILES string of the molecule is COc1cc(C(CC(=O)NCC(=O)NCc2ccco2)c2c(O)cc3c(c2O)C(=O)OC(C)CCCC(=O)CCCC=C3)cc(OC)c1OC. The van der Waals surface area contributed by atoms with Crippen molar-refractivity contribution in [3.63, 3.8) is 0 Å². The van der Waals surface area contributed by atoms with E-state index in [4.69, 9.17) is 23.4 Å². The number of ether oxygens (including phenoxy) is 4. The Morgan fingerprint density at radius 1 is 0.980 bits per heavy atom. The van der Waals surface area contributed by atoms with Crippen molar-refractivity contribution >= 4 is 29.6 Å². The Hall–Kier alpha value is -5.46. The number of hydrogen-bond acceptors (Lipinski definition) is 11. The van der Waals surface area contributed by atoms with Crippen LogP contribution in [0.25, 0.3) is 6.08 Å². The largest absolute Gasteiger partial charge is 0.507 e. The zero-order chi connectivity index (χ0) is 36.2. The van der Waals surface area contributed by atoms with E-state index in [0.717, 1.165) is 0 Å². The number of carbonyl (C=O) groups is 4. The minimum atomic E-state index is -1.09. The van der Waals surface area contributed by atoms with E-state index < -0.39 is 41.3 Å². The number of nitrogens with one attached hydrogen (secondary N) is 2. The Balaban J connectivity index is 1.76. The summed E-state index contributed by atoms with van der Waals surface area (Å²) in [5.41, 5.74) is 0.250. The van der Waals surface area contributed by atoms with Crippen LogP contribution in [0, 0.1) is 0 Å². The van der Waals surface area contributed by atoms with Gasteiger partial charge in [0.15, 0.2) is 11.5 Å². The highest BCUT2D eigenvalue weighted by Crippen LogP contribution is 2.47. The summed E-state index contributed by atoms with van der Waals surface area (Å²) < 4.78 is 27.5. The van der Waals surface area contributed by atoms with Crippen molar-refractivity contribution in [2.75, 3.05) is 27.9 Å². The van der Waals surface area contributed by atoms with E-state index in [-0.39, 0.29) is 59.2 Å². The van der Waals surface area contributed by atoms with Crippen molar-refractivity contribution in [2.24, 2.45) is 0 Å². The number of rotatable bonds is 11. The van der Waals surface area contributed by atoms with Gasteiger partial charge in [-0.15, -0.1) is 0 Å². The van der Waals surface area contributed by atoms with Gasteiger partial charge < -0.3 is 44.2 Å². The molecule has 0 saturated heterocycles. The number of ketones is 1. The lowest BCUT2D eigenvalue weighted by Crippen LogP contribution is -2.37. The summed E-state index contributed by atoms with van der Waals surface area (Å²) in [5, 5.41) is 28.6. The van der Waals surface area contributed by atoms with Gasteiger partial charge in [0.25, 0.3) is 0 Å². The van der Waals surface area contributed by atoms with Gasteiger partial charge in [0.1, 0.15) is 28.6 Å². The number of Topliss-reactive ketones (excluding diaryl/α,β-unsaturated/α-hetero) is 1. The molecule has 4 rings (SSSR count). The normalized spacial score (nSPS) is 16.0. The number of furan rings is 1. The van der Waals surface area contributed by atoms with Crippen LogP contribution in [0.3, 0.4) is 0 Å². The number of aromatic hydroxyl groups is 2. The molecule has 268 valence electrons. The number of phenolic OH excluding ortho intramolecular Hbond substituents is 2. The molecule has 3 aromatic rings. The van der Waals surface area contributed by atoms with Gasteiger partial charge in [-0.25, -0.2) is 4.79 Å². The van der Waals surface area contributed by atoms with Crippen LogP contribution in [0.1, 0.15) is 90.6 Å². The smallest absolute Gasteiger partial charge is 0.342 e. The van der Waals surface area contributed by atoms with Crippen molar-refractivity contribution in [3.8, 4) is 28.7 Å². The van der Waals surface area contributed by atoms with Gasteiger partial charge in [0.05, 0.1) is 46.8 Å². The van der Waals surface area contributed by atoms with Crippen molar-refractivity contribution in [1.82, 2.24) is 10.6 Å². The van der Waals surface area contributed by atoms with Crippen molar-refractivity contribution in [1.29, 1.82) is 0 Å². The highest BCUT2D eigenvalue weighted by Gasteiger charge is 2.32. The lowest BCUT2D eigenvalue weighted by molar-refractivity contribution is -0.126. The Labute approximate surface area is 290 Å². The number of cyclic esters (lactones) is 1. The Morgan fingerprint density at radius 3 is 2.36 bits per heavy atom. The zero-order valence-corrected chi connectivity index (χ0v) is 28.7. The summed E-state index contributed by atoms with van der Waals surface area (Å²) >= 11 is 0. The molecule has 0 aliphatic carbocycles. The first-order valence-electron chi connectivity index (χ1n) is 16.4. The van der Waals surface area contributed by atoms with Crippen LogP contribution in [0.4, 0.5) is 0 Å². The molecule has 0 saturated carbocycles. The third-order valence-corrected chi connectivity index (χ3v) is 8.36. The lowest BCUT2D eigenvalue weighted by atomic mass is 9.84. The van der Waals surface area contributed by atoms with Gasteiger partial charge in [-0.1, -0.05) is 12.2 Å². The number of hydrogen-bond donors (Lipinski definition) is 4. The summed E-state index contributed by atoms with van der Waals surface area (Å²) in [4.78, 5) is 51.8. The first-order valence-corrected chi connectivity index (χ1v) is 16.4. The minimum absolute atomic E-state index is 0.125. The summed E-state index contributed by atoms with van der Waals surface area (Å²) in [6.45, 7) is 1.48. The molecule has 2 amide bonds. The fraction of sp³-hybridized carbons (Fsp3) is 0.405. The summed E-state index contributed by atoms with van der Waals surface area (Å²) in [7, 11) is 4.28. The van der Waals surface area contributed by atoms with Crippen LogP contribution < -0.4 is 24.8 Å². The Bertz CT molecular complexity index is 1670. The van der Waals surface area contributed by atoms with Crippen molar-refractivity contribution in [3.05, 3.63) is 70.7 Å². The van der Waals surface area contributed by atoms with Gasteiger partial charge in [0, 0.05) is 30.7 Å². The van der Waals surface area contributed by atoms with Crippen LogP contribution in [0.2, 0.25) is 0 Å². The number of phenols is 2. The van der Waals surface area contributed by atoms with E-state index in [1.807, 2.05) is 0 Å². The maximum Gasteiger partial charge on any atom is 0.342 e. The maximum absolute atomic E-state index is 13.7. The van der Waals surface area contributed by atoms with Gasteiger partial charge in [-0.3, -0.25) is 14.4 Å². The average Bonchev–Trinajstić information content (AvgIpc) is 3.62. The van der Waals surface area contributed by atoms with E-state index in [2.05, 4.69) is 10.6 Å². The van der Waals surface area contributed by atoms with Gasteiger partial charge in [-0.05, 0) is 74.1 Å². The summed E-state index contributed by atoms with van der Waals surface area (Å²) in [6.07, 6.45) is 6.82. The minimum Gasteiger partial charge on any atom is -0.507 e. The van der Waals surface area contributed by atoms with Crippen LogP contribution in [0.5, 0.6) is 28.7 Å². The Kier molecular flexibility index (Phi) is 13.3. The highest BCUT2D eigenvalue weighted by atomic mass is 16.5. The molecular weight excluding hydrogens is 648 g/mol. The second-order valence-corrected chi connectivity index (χ2v) is 11.9. The molecule has 1 aliphatic heterocycles. The highest BCUT2D eigenvalue weighted by molar-refractivity contribution is 5.98. The molecule has 13 nitrogen and oxygen atoms in total. The predicted molar refractivity (Wildman–Crippen MR) is 183 cm³/mol. The molecule has 50 heavy (non-hydrogen) atoms. The molecule has 0 fully saturated rings. The number of fused-ring (bicyclic) bond motifs is 1. The molecule has 0 bridgehead atoms. The van der Waals surface area contributed by atoms with Crippen molar-refractivity contribution in [2.45, 2.75) is 70.4 Å². The number of carbonyl (C=O) groups excluding carboxylic acids is 4. The van der Waals surface area contributed by atoms with Gasteiger partial charge >= 0.3 is 5.97 Å². The molecule has 2 aromatic carbocycles. The number of esters is 1. The van der Waals surface area contributed by atoms with E-state index in [1.165, 1.54) is 33.7 Å². The molecule has 1 aliphatic rings. The second-order valence-electron chi connectivity index (χ2n) is 11.9. The molecule has 13 heteroatoms. The number of methoxy groups -OCH3 is 3. The number of amides is 2. The molecule has 2 heterocycles. The fourth-order valence-electron chi connectivity index (χ4n) is 5.81. The predicted octanol–water partition coefficient (Wildman–Crippen LogP) is 5.15. The van der Waals surface area contributed by atoms with Gasteiger partial charge in [-0.2, -0.15) is 0 Å². The number of benzene rings is 2. The van der Waals surface area contributed by atoms with E-state index in [9.17, 15) is 29.4 Å². The molecule has 0 radical (unpaired) electrons. The number of allylic oxidation sites excluding steroid dienone is 1. The standard InChI is InChI=1S/C37H44N2O11/c1-22-10-8-13-25(40)12-7-5-6-11-23-16-28(41)34(35(44)33(23)37(45)50-22)27(24-17-29(46-2)36(48-4)30(18-24)47-3)19-31(42)39-21-32(43)38-20-26-14-9-15-49-26/h6,9,11,14-18,22,27,41,44H,5,7-8,10,12-13,19-21H2,1-4H3,(H,38,43)(H,39,42). The molecule has 2 atom stereocenters. The monoisotopic (exact) mass is 692 g/mol. The van der Waals surface area contributed by atoms with Crippen molar-refractivity contribution < 1.29 is 52.8 Å². The first kappa shape index (κ1) is 37.4. The topological polar surface area (TPSA) is 183 Å². The quantitative estimate of drug-likeness (QED) is 0.195. The molecule has 0 spiro atoms. The molecule has 1 aromatic heterocycles. The Morgan fingerprint density at radius 2 is 1.70 bits per heavy atom. The molecule has 4 N–H and O–H groups in total. The maximum atomic E-state index is 13.7. The zero-order valence-electron chi connectivity index (χ0n) is 28.7. The molecule has 2 unspecified atom stereocenters. The van der Waals surface area contributed by atoms with E-state index >= 15 is 0 Å². The summed E-state index contributed by atoms with van der Waals surface area (Å²) in [6, 6.07) is 7.86. The fourth-order valence-corrected chi connectivity index (χ4v) is 5.81. The lowest BCUT2D eigenvalue weighted by Gasteiger charge is -2.24. The third kappa shape index (κ3) is 9.58. The van der Waals surface area contributed by atoms with E-state index in [0.29, 0.717) is 49.8 Å².